The van der Waals surface area contributed by atoms with Gasteiger partial charge in [-0.25, -0.2) is 0 Å². The van der Waals surface area contributed by atoms with E-state index in [-0.39, 0.29) is 5.78 Å². The number of ether oxygens (including phenoxy) is 1. The van der Waals surface area contributed by atoms with Crippen molar-refractivity contribution in [2.45, 2.75) is 18.9 Å². The molecule has 20 heavy (non-hydrogen) atoms. The lowest BCUT2D eigenvalue weighted by Gasteiger charge is -2.41. The van der Waals surface area contributed by atoms with Crippen LogP contribution >= 0.6 is 15.9 Å². The van der Waals surface area contributed by atoms with Gasteiger partial charge in [-0.05, 0) is 25.5 Å². The molecule has 3 nitrogen and oxygen atoms in total. The molecule has 1 heterocycles. The van der Waals surface area contributed by atoms with Gasteiger partial charge < -0.3 is 4.74 Å². The first-order valence-electron chi connectivity index (χ1n) is 6.82. The molecule has 0 aliphatic carbocycles. The molecule has 0 radical (unpaired) electrons. The topological polar surface area (TPSA) is 29.5 Å². The first-order valence-corrected chi connectivity index (χ1v) is 7.61. The summed E-state index contributed by atoms with van der Waals surface area (Å²) in [7, 11) is 0. The zero-order valence-corrected chi connectivity index (χ0v) is 13.4. The average molecular weight is 338 g/mol. The molecule has 1 aromatic rings. The van der Waals surface area contributed by atoms with E-state index in [4.69, 9.17) is 4.74 Å². The van der Waals surface area contributed by atoms with E-state index in [9.17, 15) is 4.79 Å². The average Bonchev–Trinajstić information content (AvgIpc) is 2.48. The lowest BCUT2D eigenvalue weighted by molar-refractivity contribution is -0.00871. The Bertz CT molecular complexity index is 480. The normalized spacial score (nSPS) is 19.3. The number of halogens is 1. The Balaban J connectivity index is 2.28. The quantitative estimate of drug-likeness (QED) is 0.609. The number of nitrogens with zero attached hydrogens (tertiary/aromatic N) is 1. The molecule has 0 bridgehead atoms. The van der Waals surface area contributed by atoms with Crippen molar-refractivity contribution in [3.63, 3.8) is 0 Å². The number of hydrogen-bond donors (Lipinski definition) is 0. The molecule has 0 spiro atoms. The second kappa shape index (κ2) is 6.66. The number of ketones is 1. The smallest absolute Gasteiger partial charge is 0.183 e. The molecule has 108 valence electrons. The van der Waals surface area contributed by atoms with Crippen molar-refractivity contribution in [3.8, 4) is 0 Å². The summed E-state index contributed by atoms with van der Waals surface area (Å²) in [6.45, 7) is 8.75. The highest BCUT2D eigenvalue weighted by Gasteiger charge is 2.39. The summed E-state index contributed by atoms with van der Waals surface area (Å²) in [5.41, 5.74) is 0.198. The van der Waals surface area contributed by atoms with Crippen LogP contribution in [0.3, 0.4) is 0 Å². The second-order valence-corrected chi connectivity index (χ2v) is 6.12. The van der Waals surface area contributed by atoms with Crippen LogP contribution in [0.1, 0.15) is 23.7 Å². The van der Waals surface area contributed by atoms with Crippen molar-refractivity contribution in [2.75, 3.05) is 26.3 Å². The third-order valence-corrected chi connectivity index (χ3v) is 4.38. The Hall–Kier alpha value is -0.970. The van der Waals surface area contributed by atoms with Crippen LogP contribution in [0.4, 0.5) is 0 Å². The third kappa shape index (κ3) is 3.19. The highest BCUT2D eigenvalue weighted by molar-refractivity contribution is 9.10. The fourth-order valence-corrected chi connectivity index (χ4v) is 2.88. The maximum atomic E-state index is 12.9. The molecule has 1 aliphatic rings. The Kier molecular flexibility index (Phi) is 5.13. The van der Waals surface area contributed by atoms with Crippen molar-refractivity contribution in [1.82, 2.24) is 4.90 Å². The number of rotatable bonds is 5. The maximum absolute atomic E-state index is 12.9. The van der Waals surface area contributed by atoms with Gasteiger partial charge in [0.25, 0.3) is 0 Å². The van der Waals surface area contributed by atoms with Gasteiger partial charge in [0.15, 0.2) is 5.78 Å². The largest absolute Gasteiger partial charge is 0.379 e. The molecule has 0 amide bonds. The molecule has 1 aliphatic heterocycles. The van der Waals surface area contributed by atoms with Crippen LogP contribution in [0.15, 0.2) is 41.4 Å². The summed E-state index contributed by atoms with van der Waals surface area (Å²) in [6.07, 6.45) is 2.47. The lowest BCUT2D eigenvalue weighted by atomic mass is 9.86. The molecule has 2 rings (SSSR count). The second-order valence-electron chi connectivity index (χ2n) is 5.20. The molecule has 4 heteroatoms. The van der Waals surface area contributed by atoms with Crippen LogP contribution in [0, 0.1) is 0 Å². The molecule has 1 fully saturated rings. The van der Waals surface area contributed by atoms with Gasteiger partial charge in [-0.1, -0.05) is 34.1 Å². The van der Waals surface area contributed by atoms with Crippen molar-refractivity contribution in [3.05, 3.63) is 47.0 Å². The van der Waals surface area contributed by atoms with E-state index < -0.39 is 5.54 Å². The summed E-state index contributed by atoms with van der Waals surface area (Å²) in [4.78, 5) is 15.1. The van der Waals surface area contributed by atoms with Crippen LogP contribution in [0.2, 0.25) is 0 Å². The third-order valence-electron chi connectivity index (χ3n) is 3.85. The predicted octanol–water partition coefficient (Wildman–Crippen LogP) is 3.30. The van der Waals surface area contributed by atoms with Crippen molar-refractivity contribution in [2.24, 2.45) is 0 Å². The van der Waals surface area contributed by atoms with Gasteiger partial charge in [0, 0.05) is 23.1 Å². The Morgan fingerprint density at radius 2 is 2.00 bits per heavy atom. The number of hydrogen-bond acceptors (Lipinski definition) is 3. The SMILES string of the molecule is C=CCC(C)(C(=O)c1ccc(Br)cc1)N1CCOCC1. The number of benzene rings is 1. The number of morpholine rings is 1. The van der Waals surface area contributed by atoms with Gasteiger partial charge in [-0.15, -0.1) is 6.58 Å². The molecule has 1 aromatic carbocycles. The first kappa shape index (κ1) is 15.4. The van der Waals surface area contributed by atoms with Gasteiger partial charge in [0.05, 0.1) is 18.8 Å². The molecule has 0 N–H and O–H groups in total. The molecular weight excluding hydrogens is 318 g/mol. The maximum Gasteiger partial charge on any atom is 0.183 e. The van der Waals surface area contributed by atoms with Gasteiger partial charge in [0.2, 0.25) is 0 Å². The van der Waals surface area contributed by atoms with E-state index in [1.165, 1.54) is 0 Å². The van der Waals surface area contributed by atoms with Crippen LogP contribution < -0.4 is 0 Å². The van der Waals surface area contributed by atoms with E-state index >= 15 is 0 Å². The van der Waals surface area contributed by atoms with Crippen molar-refractivity contribution >= 4 is 21.7 Å². The molecule has 1 unspecified atom stereocenters. The molecule has 0 saturated carbocycles. The predicted molar refractivity (Wildman–Crippen MR) is 84.1 cm³/mol. The minimum atomic E-state index is -0.542. The lowest BCUT2D eigenvalue weighted by Crippen LogP contribution is -2.56. The fraction of sp³-hybridized carbons (Fsp3) is 0.438. The number of carbonyl (C=O) groups is 1. The monoisotopic (exact) mass is 337 g/mol. The number of carbonyl (C=O) groups excluding carboxylic acids is 1. The van der Waals surface area contributed by atoms with Crippen molar-refractivity contribution in [1.29, 1.82) is 0 Å². The summed E-state index contributed by atoms with van der Waals surface area (Å²) in [5.74, 6) is 0.145. The zero-order valence-electron chi connectivity index (χ0n) is 11.8. The number of Topliss-reactive ketones (excluding diaryl/α,β-unsaturated/α-hetero) is 1. The van der Waals surface area contributed by atoms with Crippen LogP contribution in [0.25, 0.3) is 0 Å². The molecule has 1 saturated heterocycles. The van der Waals surface area contributed by atoms with E-state index in [1.54, 1.807) is 0 Å². The minimum Gasteiger partial charge on any atom is -0.379 e. The summed E-state index contributed by atoms with van der Waals surface area (Å²) >= 11 is 3.40. The van der Waals surface area contributed by atoms with E-state index in [1.807, 2.05) is 37.3 Å². The molecule has 1 atom stereocenters. The zero-order chi connectivity index (χ0) is 14.6. The van der Waals surface area contributed by atoms with Crippen LogP contribution in [-0.2, 0) is 4.74 Å². The minimum absolute atomic E-state index is 0.145. The van der Waals surface area contributed by atoms with Gasteiger partial charge in [0.1, 0.15) is 0 Å². The van der Waals surface area contributed by atoms with Gasteiger partial charge >= 0.3 is 0 Å². The van der Waals surface area contributed by atoms with Crippen molar-refractivity contribution < 1.29 is 9.53 Å². The standard InChI is InChI=1S/C16H20BrNO2/c1-3-8-16(2,18-9-11-20-12-10-18)15(19)13-4-6-14(17)7-5-13/h3-7H,1,8-12H2,2H3. The fourth-order valence-electron chi connectivity index (χ4n) is 2.62. The Labute approximate surface area is 128 Å². The van der Waals surface area contributed by atoms with E-state index in [0.29, 0.717) is 19.6 Å². The van der Waals surface area contributed by atoms with Gasteiger partial charge in [-0.2, -0.15) is 0 Å². The van der Waals surface area contributed by atoms with Crippen LogP contribution in [0.5, 0.6) is 0 Å². The van der Waals surface area contributed by atoms with E-state index in [2.05, 4.69) is 27.4 Å². The van der Waals surface area contributed by atoms with Gasteiger partial charge in [-0.3, -0.25) is 9.69 Å². The van der Waals surface area contributed by atoms with E-state index in [0.717, 1.165) is 23.1 Å². The highest BCUT2D eigenvalue weighted by Crippen LogP contribution is 2.27. The summed E-state index contributed by atoms with van der Waals surface area (Å²) < 4.78 is 6.37. The Morgan fingerprint density at radius 1 is 1.40 bits per heavy atom. The summed E-state index contributed by atoms with van der Waals surface area (Å²) in [6, 6.07) is 7.55. The Morgan fingerprint density at radius 3 is 2.55 bits per heavy atom. The summed E-state index contributed by atoms with van der Waals surface area (Å²) in [5, 5.41) is 0. The first-order chi connectivity index (χ1) is 9.58. The van der Waals surface area contributed by atoms with Crippen LogP contribution in [-0.4, -0.2) is 42.5 Å². The molecule has 0 aromatic heterocycles. The highest BCUT2D eigenvalue weighted by atomic mass is 79.9. The molecular formula is C16H20BrNO2.